The zero-order valence-electron chi connectivity index (χ0n) is 21.4. The Labute approximate surface area is 227 Å². The number of hydrogen-bond acceptors (Lipinski definition) is 0. The molecule has 5 aromatic rings. The number of alkyl halides is 6. The van der Waals surface area contributed by atoms with Crippen molar-refractivity contribution in [3.05, 3.63) is 129 Å². The van der Waals surface area contributed by atoms with E-state index >= 15 is 0 Å². The van der Waals surface area contributed by atoms with Gasteiger partial charge in [-0.1, -0.05) is 78.3 Å². The Balaban J connectivity index is 1.74. The van der Waals surface area contributed by atoms with Gasteiger partial charge in [-0.25, -0.2) is 0 Å². The molecule has 0 saturated carbocycles. The predicted molar refractivity (Wildman–Crippen MR) is 146 cm³/mol. The van der Waals surface area contributed by atoms with Crippen molar-refractivity contribution in [3.63, 3.8) is 0 Å². The lowest BCUT2D eigenvalue weighted by molar-refractivity contribution is -0.143. The maximum Gasteiger partial charge on any atom is 0.416 e. The minimum absolute atomic E-state index is 0.0964. The van der Waals surface area contributed by atoms with Gasteiger partial charge in [0.1, 0.15) is 0 Å². The second kappa shape index (κ2) is 10.1. The minimum Gasteiger partial charge on any atom is -0.166 e. The highest BCUT2D eigenvalue weighted by Crippen LogP contribution is 2.37. The molecule has 0 heterocycles. The van der Waals surface area contributed by atoms with Gasteiger partial charge in [0.2, 0.25) is 0 Å². The van der Waals surface area contributed by atoms with Gasteiger partial charge in [0.25, 0.3) is 0 Å². The maximum atomic E-state index is 13.4. The van der Waals surface area contributed by atoms with Crippen LogP contribution < -0.4 is 0 Å². The number of aryl methyl sites for hydroxylation is 2. The average molecular weight is 543 g/mol. The van der Waals surface area contributed by atoms with E-state index in [4.69, 9.17) is 0 Å². The van der Waals surface area contributed by atoms with E-state index < -0.39 is 23.5 Å². The number of rotatable bonds is 0. The van der Waals surface area contributed by atoms with Crippen LogP contribution >= 0.6 is 0 Å². The van der Waals surface area contributed by atoms with E-state index in [-0.39, 0.29) is 11.6 Å². The zero-order valence-corrected chi connectivity index (χ0v) is 21.4. The van der Waals surface area contributed by atoms with Gasteiger partial charge in [0, 0.05) is 22.3 Å². The lowest BCUT2D eigenvalue weighted by Crippen LogP contribution is -2.11. The number of benzene rings is 5. The van der Waals surface area contributed by atoms with Crippen molar-refractivity contribution >= 4 is 21.5 Å². The normalized spacial score (nSPS) is 11.6. The third-order valence-electron chi connectivity index (χ3n) is 6.40. The van der Waals surface area contributed by atoms with Gasteiger partial charge in [-0.2, -0.15) is 26.3 Å². The second-order valence-electron chi connectivity index (χ2n) is 9.51. The fourth-order valence-corrected chi connectivity index (χ4v) is 4.74. The monoisotopic (exact) mass is 542 g/mol. The van der Waals surface area contributed by atoms with Crippen molar-refractivity contribution in [2.75, 3.05) is 0 Å². The molecule has 6 heteroatoms. The predicted octanol–water partition coefficient (Wildman–Crippen LogP) is 9.45. The summed E-state index contributed by atoms with van der Waals surface area (Å²) in [6.45, 7) is 4.00. The van der Waals surface area contributed by atoms with Gasteiger partial charge >= 0.3 is 12.4 Å². The molecule has 0 N–H and O–H groups in total. The smallest absolute Gasteiger partial charge is 0.166 e. The molecule has 0 spiro atoms. The Hall–Kier alpha value is -4.68. The molecule has 0 bridgehead atoms. The molecule has 5 aromatic carbocycles. The molecule has 0 unspecified atom stereocenters. The van der Waals surface area contributed by atoms with Gasteiger partial charge in [-0.15, -0.1) is 0 Å². The fourth-order valence-electron chi connectivity index (χ4n) is 4.74. The summed E-state index contributed by atoms with van der Waals surface area (Å²) >= 11 is 0. The lowest BCUT2D eigenvalue weighted by Gasteiger charge is -2.12. The van der Waals surface area contributed by atoms with Crippen LogP contribution in [0.5, 0.6) is 0 Å². The fraction of sp³-hybridized carbons (Fsp3) is 0.118. The lowest BCUT2D eigenvalue weighted by atomic mass is 9.91. The molecule has 0 aliphatic rings. The van der Waals surface area contributed by atoms with E-state index in [0.717, 1.165) is 33.0 Å². The highest BCUT2D eigenvalue weighted by molar-refractivity contribution is 6.09. The van der Waals surface area contributed by atoms with Crippen molar-refractivity contribution in [3.8, 4) is 23.7 Å². The second-order valence-corrected chi connectivity index (χ2v) is 9.51. The maximum absolute atomic E-state index is 13.4. The highest BCUT2D eigenvalue weighted by Gasteiger charge is 2.36. The van der Waals surface area contributed by atoms with Gasteiger partial charge in [-0.3, -0.25) is 0 Å². The summed E-state index contributed by atoms with van der Waals surface area (Å²) in [5.41, 5.74) is 1.11. The molecular formula is C34H20F6. The van der Waals surface area contributed by atoms with E-state index in [1.54, 1.807) is 12.1 Å². The van der Waals surface area contributed by atoms with Crippen LogP contribution in [0.15, 0.2) is 84.9 Å². The summed E-state index contributed by atoms with van der Waals surface area (Å²) in [6.07, 6.45) is -9.90. The van der Waals surface area contributed by atoms with Crippen LogP contribution in [-0.4, -0.2) is 0 Å². The molecule has 0 amide bonds. The molecule has 198 valence electrons. The highest BCUT2D eigenvalue weighted by atomic mass is 19.4. The van der Waals surface area contributed by atoms with Crippen molar-refractivity contribution in [2.24, 2.45) is 0 Å². The molecular weight excluding hydrogens is 522 g/mol. The molecule has 0 aromatic heterocycles. The van der Waals surface area contributed by atoms with E-state index in [0.29, 0.717) is 28.5 Å². The molecule has 0 aliphatic carbocycles. The van der Waals surface area contributed by atoms with Crippen molar-refractivity contribution < 1.29 is 26.3 Å². The molecule has 5 rings (SSSR count). The Morgan fingerprint density at radius 3 is 1.15 bits per heavy atom. The summed E-state index contributed by atoms with van der Waals surface area (Å²) < 4.78 is 80.2. The summed E-state index contributed by atoms with van der Waals surface area (Å²) in [6, 6.07) is 22.1. The van der Waals surface area contributed by atoms with Crippen LogP contribution in [0.25, 0.3) is 21.5 Å². The number of hydrogen-bond donors (Lipinski definition) is 0. The Kier molecular flexibility index (Phi) is 6.82. The Bertz CT molecular complexity index is 1790. The van der Waals surface area contributed by atoms with Gasteiger partial charge < -0.3 is 0 Å². The SMILES string of the molecule is Cc1cc(C)cc(C#Cc2c3ccccc3c(C#Cc3cc(C(F)(F)F)cc(C(F)(F)F)c3)c3ccccc23)c1. The largest absolute Gasteiger partial charge is 0.416 e. The molecule has 0 fully saturated rings. The summed E-state index contributed by atoms with van der Waals surface area (Å²) in [4.78, 5) is 0. The van der Waals surface area contributed by atoms with E-state index in [1.165, 1.54) is 0 Å². The standard InChI is InChI=1S/C34H20F6/c1-21-15-22(2)17-23(16-21)11-13-31-27-7-3-5-9-29(27)32(30-10-6-4-8-28(30)31)14-12-24-18-25(33(35,36)37)20-26(19-24)34(38,39)40/h3-10,15-20H,1-2H3. The van der Waals surface area contributed by atoms with Crippen molar-refractivity contribution in [1.82, 2.24) is 0 Å². The van der Waals surface area contributed by atoms with E-state index in [2.05, 4.69) is 29.7 Å². The van der Waals surface area contributed by atoms with Crippen LogP contribution in [0.2, 0.25) is 0 Å². The molecule has 40 heavy (non-hydrogen) atoms. The zero-order chi connectivity index (χ0) is 28.7. The number of halogens is 6. The van der Waals surface area contributed by atoms with Crippen molar-refractivity contribution in [2.45, 2.75) is 26.2 Å². The first-order chi connectivity index (χ1) is 18.9. The molecule has 0 atom stereocenters. The first-order valence-electron chi connectivity index (χ1n) is 12.3. The van der Waals surface area contributed by atoms with Gasteiger partial charge in [0.15, 0.2) is 0 Å². The van der Waals surface area contributed by atoms with Crippen LogP contribution in [0.3, 0.4) is 0 Å². The first kappa shape index (κ1) is 26.9. The van der Waals surface area contributed by atoms with Crippen LogP contribution in [0, 0.1) is 37.5 Å². The molecule has 0 nitrogen and oxygen atoms in total. The Morgan fingerprint density at radius 2 is 0.800 bits per heavy atom. The summed E-state index contributed by atoms with van der Waals surface area (Å²) in [5, 5.41) is 2.95. The summed E-state index contributed by atoms with van der Waals surface area (Å²) in [5.74, 6) is 12.0. The van der Waals surface area contributed by atoms with Crippen LogP contribution in [0.4, 0.5) is 26.3 Å². The van der Waals surface area contributed by atoms with Crippen LogP contribution in [0.1, 0.15) is 44.5 Å². The third kappa shape index (κ3) is 5.53. The van der Waals surface area contributed by atoms with Gasteiger partial charge in [-0.05, 0) is 76.9 Å². The minimum atomic E-state index is -4.95. The quantitative estimate of drug-likeness (QED) is 0.104. The first-order valence-corrected chi connectivity index (χ1v) is 12.3. The molecule has 0 radical (unpaired) electrons. The van der Waals surface area contributed by atoms with E-state index in [9.17, 15) is 26.3 Å². The number of fused-ring (bicyclic) bond motifs is 2. The average Bonchev–Trinajstić information content (AvgIpc) is 2.89. The van der Waals surface area contributed by atoms with Crippen molar-refractivity contribution in [1.29, 1.82) is 0 Å². The van der Waals surface area contributed by atoms with Crippen LogP contribution in [-0.2, 0) is 12.4 Å². The molecule has 0 aliphatic heterocycles. The van der Waals surface area contributed by atoms with E-state index in [1.807, 2.05) is 62.4 Å². The molecule has 0 saturated heterocycles. The Morgan fingerprint density at radius 1 is 0.450 bits per heavy atom. The topological polar surface area (TPSA) is 0 Å². The van der Waals surface area contributed by atoms with Gasteiger partial charge in [0.05, 0.1) is 11.1 Å². The summed E-state index contributed by atoms with van der Waals surface area (Å²) in [7, 11) is 0. The third-order valence-corrected chi connectivity index (χ3v) is 6.40.